The maximum Gasteiger partial charge on any atom is 0.269 e. The predicted octanol–water partition coefficient (Wildman–Crippen LogP) is 5.06. The first kappa shape index (κ1) is 26.7. The highest BCUT2D eigenvalue weighted by atomic mass is 35.5. The number of thioether (sulfide) groups is 1. The lowest BCUT2D eigenvalue weighted by molar-refractivity contribution is -0.384. The number of nitrogens with zero attached hydrogens (tertiary/aromatic N) is 2. The number of hydrogen-bond acceptors (Lipinski definition) is 5. The van der Waals surface area contributed by atoms with Crippen molar-refractivity contribution >= 4 is 40.9 Å². The number of non-ortho nitro benzene ring substituents is 1. The van der Waals surface area contributed by atoms with Gasteiger partial charge >= 0.3 is 0 Å². The van der Waals surface area contributed by atoms with E-state index in [2.05, 4.69) is 5.32 Å². The first-order valence-electron chi connectivity index (χ1n) is 10.8. The van der Waals surface area contributed by atoms with Crippen molar-refractivity contribution in [3.63, 3.8) is 0 Å². The molecule has 0 spiro atoms. The predicted molar refractivity (Wildman–Crippen MR) is 133 cm³/mol. The fraction of sp³-hybridized carbons (Fsp3) is 0.417. The summed E-state index contributed by atoms with van der Waals surface area (Å²) in [5.41, 5.74) is 1.82. The van der Waals surface area contributed by atoms with E-state index in [-0.39, 0.29) is 23.3 Å². The van der Waals surface area contributed by atoms with Crippen LogP contribution in [-0.2, 0) is 21.9 Å². The number of benzene rings is 2. The van der Waals surface area contributed by atoms with Crippen molar-refractivity contribution in [2.75, 3.05) is 12.3 Å². The molecule has 0 aliphatic heterocycles. The summed E-state index contributed by atoms with van der Waals surface area (Å²) in [4.78, 5) is 38.1. The van der Waals surface area contributed by atoms with Crippen molar-refractivity contribution in [2.24, 2.45) is 5.92 Å². The standard InChI is InChI=1S/C24H30ClN3O4S/c1-4-22(24(30)26-13-17(2)3)27(14-18-5-9-20(25)10-6-18)23(29)16-33-15-19-7-11-21(12-8-19)28(31)32/h5-12,17,22H,4,13-16H2,1-3H3,(H,26,30)/t22-/m1/s1. The molecule has 2 amide bonds. The molecular formula is C24H30ClN3O4S. The first-order valence-corrected chi connectivity index (χ1v) is 12.4. The average molecular weight is 492 g/mol. The number of halogens is 1. The highest BCUT2D eigenvalue weighted by molar-refractivity contribution is 7.99. The molecule has 0 fully saturated rings. The van der Waals surface area contributed by atoms with Crippen LogP contribution in [0.15, 0.2) is 48.5 Å². The van der Waals surface area contributed by atoms with Crippen molar-refractivity contribution in [2.45, 2.75) is 45.5 Å². The number of nitro benzene ring substituents is 1. The maximum absolute atomic E-state index is 13.2. The Morgan fingerprint density at radius 2 is 1.70 bits per heavy atom. The van der Waals surface area contributed by atoms with Crippen LogP contribution in [0.2, 0.25) is 5.02 Å². The highest BCUT2D eigenvalue weighted by Gasteiger charge is 2.28. The zero-order valence-corrected chi connectivity index (χ0v) is 20.7. The Bertz CT molecular complexity index is 936. The van der Waals surface area contributed by atoms with Crippen LogP contribution in [0.3, 0.4) is 0 Å². The molecule has 2 aromatic rings. The smallest absolute Gasteiger partial charge is 0.269 e. The largest absolute Gasteiger partial charge is 0.354 e. The maximum atomic E-state index is 13.2. The summed E-state index contributed by atoms with van der Waals surface area (Å²) in [6.07, 6.45) is 0.496. The SMILES string of the molecule is CC[C@H](C(=O)NCC(C)C)N(Cc1ccc(Cl)cc1)C(=O)CSCc1ccc([N+](=O)[O-])cc1. The molecule has 1 N–H and O–H groups in total. The van der Waals surface area contributed by atoms with Gasteiger partial charge in [0.25, 0.3) is 5.69 Å². The fourth-order valence-corrected chi connectivity index (χ4v) is 4.18. The molecule has 0 aliphatic rings. The van der Waals surface area contributed by atoms with E-state index in [1.807, 2.05) is 32.9 Å². The van der Waals surface area contributed by atoms with Gasteiger partial charge in [-0.05, 0) is 35.6 Å². The molecule has 1 atom stereocenters. The van der Waals surface area contributed by atoms with Crippen LogP contribution >= 0.6 is 23.4 Å². The Kier molecular flexibility index (Phi) is 10.7. The van der Waals surface area contributed by atoms with Crippen LogP contribution in [-0.4, -0.2) is 40.0 Å². The molecule has 0 heterocycles. The summed E-state index contributed by atoms with van der Waals surface area (Å²) in [6.45, 7) is 6.79. The van der Waals surface area contributed by atoms with E-state index in [1.165, 1.54) is 23.9 Å². The normalized spacial score (nSPS) is 11.8. The van der Waals surface area contributed by atoms with Gasteiger partial charge in [-0.1, -0.05) is 56.6 Å². The third kappa shape index (κ3) is 8.70. The van der Waals surface area contributed by atoms with Gasteiger partial charge in [-0.25, -0.2) is 0 Å². The minimum absolute atomic E-state index is 0.0344. The van der Waals surface area contributed by atoms with Crippen molar-refractivity contribution in [3.05, 3.63) is 74.8 Å². The third-order valence-corrected chi connectivity index (χ3v) is 6.22. The van der Waals surface area contributed by atoms with Crippen molar-refractivity contribution in [1.82, 2.24) is 10.2 Å². The molecule has 0 saturated heterocycles. The second kappa shape index (κ2) is 13.2. The summed E-state index contributed by atoms with van der Waals surface area (Å²) >= 11 is 7.40. The van der Waals surface area contributed by atoms with Crippen LogP contribution in [0, 0.1) is 16.0 Å². The fourth-order valence-electron chi connectivity index (χ4n) is 3.18. The van der Waals surface area contributed by atoms with Gasteiger partial charge in [0.05, 0.1) is 10.7 Å². The molecule has 0 aliphatic carbocycles. The number of rotatable bonds is 12. The highest BCUT2D eigenvalue weighted by Crippen LogP contribution is 2.20. The van der Waals surface area contributed by atoms with Gasteiger partial charge in [-0.2, -0.15) is 0 Å². The van der Waals surface area contributed by atoms with Gasteiger partial charge in [-0.3, -0.25) is 19.7 Å². The van der Waals surface area contributed by atoms with Crippen LogP contribution in [0.5, 0.6) is 0 Å². The Morgan fingerprint density at radius 1 is 1.09 bits per heavy atom. The molecule has 0 bridgehead atoms. The molecule has 178 valence electrons. The zero-order valence-electron chi connectivity index (χ0n) is 19.1. The summed E-state index contributed by atoms with van der Waals surface area (Å²) in [6, 6.07) is 13.0. The number of carbonyl (C=O) groups excluding carboxylic acids is 2. The summed E-state index contributed by atoms with van der Waals surface area (Å²) in [7, 11) is 0. The van der Waals surface area contributed by atoms with E-state index in [0.29, 0.717) is 36.2 Å². The molecule has 0 unspecified atom stereocenters. The van der Waals surface area contributed by atoms with Gasteiger partial charge < -0.3 is 10.2 Å². The van der Waals surface area contributed by atoms with Gasteiger partial charge in [0.15, 0.2) is 0 Å². The van der Waals surface area contributed by atoms with E-state index in [9.17, 15) is 19.7 Å². The Morgan fingerprint density at radius 3 is 2.24 bits per heavy atom. The van der Waals surface area contributed by atoms with Gasteiger partial charge in [0.2, 0.25) is 11.8 Å². The number of carbonyl (C=O) groups is 2. The minimum Gasteiger partial charge on any atom is -0.354 e. The van der Waals surface area contributed by atoms with Crippen molar-refractivity contribution < 1.29 is 14.5 Å². The number of amides is 2. The Hall–Kier alpha value is -2.58. The van der Waals surface area contributed by atoms with E-state index in [1.54, 1.807) is 29.2 Å². The number of nitrogens with one attached hydrogen (secondary N) is 1. The molecule has 9 heteroatoms. The average Bonchev–Trinajstić information content (AvgIpc) is 2.79. The van der Waals surface area contributed by atoms with Gasteiger partial charge in [0, 0.05) is 36.0 Å². The molecule has 2 aromatic carbocycles. The van der Waals surface area contributed by atoms with E-state index >= 15 is 0 Å². The minimum atomic E-state index is -0.577. The first-order chi connectivity index (χ1) is 15.7. The summed E-state index contributed by atoms with van der Waals surface area (Å²) in [5, 5.41) is 14.4. The monoisotopic (exact) mass is 491 g/mol. The zero-order chi connectivity index (χ0) is 24.4. The van der Waals surface area contributed by atoms with Crippen LogP contribution in [0.1, 0.15) is 38.3 Å². The van der Waals surface area contributed by atoms with Crippen molar-refractivity contribution in [1.29, 1.82) is 0 Å². The van der Waals surface area contributed by atoms with Gasteiger partial charge in [0.1, 0.15) is 6.04 Å². The quantitative estimate of drug-likeness (QED) is 0.331. The van der Waals surface area contributed by atoms with Crippen molar-refractivity contribution in [3.8, 4) is 0 Å². The molecule has 33 heavy (non-hydrogen) atoms. The molecule has 7 nitrogen and oxygen atoms in total. The van der Waals surface area contributed by atoms with Crippen LogP contribution < -0.4 is 5.32 Å². The Labute approximate surface area is 204 Å². The summed E-state index contributed by atoms with van der Waals surface area (Å²) < 4.78 is 0. The third-order valence-electron chi connectivity index (χ3n) is 4.98. The van der Waals surface area contributed by atoms with E-state index in [0.717, 1.165) is 11.1 Å². The number of hydrogen-bond donors (Lipinski definition) is 1. The van der Waals surface area contributed by atoms with E-state index in [4.69, 9.17) is 11.6 Å². The molecule has 0 aromatic heterocycles. The molecule has 0 radical (unpaired) electrons. The molecule has 0 saturated carbocycles. The van der Waals surface area contributed by atoms with Gasteiger partial charge in [-0.15, -0.1) is 11.8 Å². The van der Waals surface area contributed by atoms with Crippen LogP contribution in [0.4, 0.5) is 5.69 Å². The lowest BCUT2D eigenvalue weighted by Crippen LogP contribution is -2.50. The topological polar surface area (TPSA) is 92.6 Å². The Balaban J connectivity index is 2.09. The summed E-state index contributed by atoms with van der Waals surface area (Å²) in [5.74, 6) is 0.745. The second-order valence-corrected chi connectivity index (χ2v) is 9.55. The number of nitro groups is 1. The second-order valence-electron chi connectivity index (χ2n) is 8.13. The molecular weight excluding hydrogens is 462 g/mol. The van der Waals surface area contributed by atoms with Crippen LogP contribution in [0.25, 0.3) is 0 Å². The lowest BCUT2D eigenvalue weighted by Gasteiger charge is -2.31. The lowest BCUT2D eigenvalue weighted by atomic mass is 10.1. The van der Waals surface area contributed by atoms with E-state index < -0.39 is 11.0 Å². The molecule has 2 rings (SSSR count).